The molecule has 1 aromatic carbocycles. The Kier molecular flexibility index (Phi) is 4.38. The molecule has 2 N–H and O–H groups in total. The fourth-order valence-electron chi connectivity index (χ4n) is 1.58. The van der Waals surface area contributed by atoms with E-state index in [1.807, 2.05) is 37.4 Å². The summed E-state index contributed by atoms with van der Waals surface area (Å²) in [6.07, 6.45) is 2.00. The van der Waals surface area contributed by atoms with Crippen LogP contribution in [0.15, 0.2) is 29.2 Å². The second-order valence-electron chi connectivity index (χ2n) is 3.69. The van der Waals surface area contributed by atoms with Gasteiger partial charge in [-0.2, -0.15) is 0 Å². The van der Waals surface area contributed by atoms with E-state index in [0.29, 0.717) is 6.54 Å². The maximum absolute atomic E-state index is 11.3. The minimum Gasteiger partial charge on any atom is -0.480 e. The van der Waals surface area contributed by atoms with Crippen LogP contribution in [0.4, 0.5) is 0 Å². The smallest absolute Gasteiger partial charge is 0.328 e. The van der Waals surface area contributed by atoms with Gasteiger partial charge in [-0.1, -0.05) is 19.1 Å². The average Bonchev–Trinajstić information content (AvgIpc) is 2.29. The van der Waals surface area contributed by atoms with Crippen LogP contribution in [-0.4, -0.2) is 23.9 Å². The minimum absolute atomic E-state index is 0.618. The third-order valence-corrected chi connectivity index (χ3v) is 3.37. The molecule has 0 aliphatic carbocycles. The zero-order chi connectivity index (χ0) is 12.2. The molecule has 1 atom stereocenters. The standard InChI is InChI=1S/C12H17NO2S/c1-4-13-12(2,11(14)15)9-5-7-10(16-3)8-6-9/h5-8,13H,4H2,1-3H3,(H,14,15). The molecule has 3 nitrogen and oxygen atoms in total. The molecule has 0 radical (unpaired) electrons. The number of carboxylic acids is 1. The van der Waals surface area contributed by atoms with E-state index in [1.165, 1.54) is 0 Å². The lowest BCUT2D eigenvalue weighted by Gasteiger charge is -2.26. The van der Waals surface area contributed by atoms with Gasteiger partial charge >= 0.3 is 5.97 Å². The first kappa shape index (κ1) is 13.1. The molecular weight excluding hydrogens is 222 g/mol. The van der Waals surface area contributed by atoms with Crippen LogP contribution >= 0.6 is 11.8 Å². The van der Waals surface area contributed by atoms with Crippen LogP contribution in [-0.2, 0) is 10.3 Å². The Labute approximate surface area is 100 Å². The van der Waals surface area contributed by atoms with Gasteiger partial charge in [-0.25, -0.2) is 4.79 Å². The summed E-state index contributed by atoms with van der Waals surface area (Å²) in [6.45, 7) is 4.21. The SMILES string of the molecule is CCNC(C)(C(=O)O)c1ccc(SC)cc1. The minimum atomic E-state index is -1.01. The molecule has 0 bridgehead atoms. The van der Waals surface area contributed by atoms with Crippen molar-refractivity contribution in [3.63, 3.8) is 0 Å². The van der Waals surface area contributed by atoms with E-state index in [2.05, 4.69) is 5.32 Å². The molecule has 0 aliphatic heterocycles. The van der Waals surface area contributed by atoms with Gasteiger partial charge in [-0.05, 0) is 37.4 Å². The van der Waals surface area contributed by atoms with E-state index in [0.717, 1.165) is 10.5 Å². The molecule has 0 heterocycles. The van der Waals surface area contributed by atoms with Crippen molar-refractivity contribution >= 4 is 17.7 Å². The quantitative estimate of drug-likeness (QED) is 0.774. The second kappa shape index (κ2) is 5.37. The summed E-state index contributed by atoms with van der Waals surface area (Å²) >= 11 is 1.64. The third-order valence-electron chi connectivity index (χ3n) is 2.63. The summed E-state index contributed by atoms with van der Waals surface area (Å²) in [4.78, 5) is 12.4. The molecular formula is C12H17NO2S. The van der Waals surface area contributed by atoms with E-state index in [4.69, 9.17) is 0 Å². The van der Waals surface area contributed by atoms with E-state index in [-0.39, 0.29) is 0 Å². The van der Waals surface area contributed by atoms with Gasteiger partial charge in [0, 0.05) is 4.90 Å². The summed E-state index contributed by atoms with van der Waals surface area (Å²) < 4.78 is 0. The van der Waals surface area contributed by atoms with E-state index >= 15 is 0 Å². The lowest BCUT2D eigenvalue weighted by molar-refractivity contribution is -0.144. The summed E-state index contributed by atoms with van der Waals surface area (Å²) in [5, 5.41) is 12.3. The lowest BCUT2D eigenvalue weighted by Crippen LogP contribution is -2.46. The number of rotatable bonds is 5. The zero-order valence-electron chi connectivity index (χ0n) is 9.78. The van der Waals surface area contributed by atoms with Gasteiger partial charge < -0.3 is 5.11 Å². The van der Waals surface area contributed by atoms with Gasteiger partial charge in [0.15, 0.2) is 0 Å². The predicted molar refractivity (Wildman–Crippen MR) is 66.9 cm³/mol. The largest absolute Gasteiger partial charge is 0.480 e. The maximum Gasteiger partial charge on any atom is 0.328 e. The summed E-state index contributed by atoms with van der Waals surface area (Å²) in [5.41, 5.74) is -0.231. The molecule has 0 saturated heterocycles. The summed E-state index contributed by atoms with van der Waals surface area (Å²) in [6, 6.07) is 7.61. The maximum atomic E-state index is 11.3. The number of carbonyl (C=O) groups is 1. The molecule has 88 valence electrons. The van der Waals surface area contributed by atoms with Gasteiger partial charge in [0.05, 0.1) is 0 Å². The molecule has 1 aromatic rings. The Bertz CT molecular complexity index is 364. The van der Waals surface area contributed by atoms with Crippen molar-refractivity contribution in [1.29, 1.82) is 0 Å². The molecule has 0 amide bonds. The van der Waals surface area contributed by atoms with Crippen LogP contribution in [0.1, 0.15) is 19.4 Å². The van der Waals surface area contributed by atoms with Gasteiger partial charge in [0.1, 0.15) is 5.54 Å². The number of carboxylic acid groups (broad SMARTS) is 1. The Hall–Kier alpha value is -1.00. The highest BCUT2D eigenvalue weighted by Gasteiger charge is 2.33. The Balaban J connectivity index is 3.06. The molecule has 0 spiro atoms. The summed E-state index contributed by atoms with van der Waals surface area (Å²) in [7, 11) is 0. The third kappa shape index (κ3) is 2.57. The predicted octanol–water partition coefficient (Wildman–Crippen LogP) is 2.32. The highest BCUT2D eigenvalue weighted by Crippen LogP contribution is 2.24. The van der Waals surface area contributed by atoms with E-state index in [1.54, 1.807) is 18.7 Å². The van der Waals surface area contributed by atoms with Gasteiger partial charge in [0.25, 0.3) is 0 Å². The highest BCUT2D eigenvalue weighted by molar-refractivity contribution is 7.98. The van der Waals surface area contributed by atoms with Crippen molar-refractivity contribution in [2.45, 2.75) is 24.3 Å². The van der Waals surface area contributed by atoms with Crippen molar-refractivity contribution in [3.8, 4) is 0 Å². The number of hydrogen-bond donors (Lipinski definition) is 2. The van der Waals surface area contributed by atoms with Crippen LogP contribution in [0.25, 0.3) is 0 Å². The second-order valence-corrected chi connectivity index (χ2v) is 4.57. The van der Waals surface area contributed by atoms with Crippen molar-refractivity contribution < 1.29 is 9.90 Å². The fourth-order valence-corrected chi connectivity index (χ4v) is 1.99. The molecule has 0 aliphatic rings. The molecule has 0 aromatic heterocycles. The molecule has 1 unspecified atom stereocenters. The van der Waals surface area contributed by atoms with Gasteiger partial charge in [0.2, 0.25) is 0 Å². The Morgan fingerprint density at radius 2 is 2.00 bits per heavy atom. The first-order chi connectivity index (χ1) is 7.54. The van der Waals surface area contributed by atoms with Crippen molar-refractivity contribution in [3.05, 3.63) is 29.8 Å². The van der Waals surface area contributed by atoms with E-state index < -0.39 is 11.5 Å². The van der Waals surface area contributed by atoms with Crippen LogP contribution in [0.2, 0.25) is 0 Å². The van der Waals surface area contributed by atoms with Crippen molar-refractivity contribution in [1.82, 2.24) is 5.32 Å². The monoisotopic (exact) mass is 239 g/mol. The fraction of sp³-hybridized carbons (Fsp3) is 0.417. The lowest BCUT2D eigenvalue weighted by atomic mass is 9.92. The zero-order valence-corrected chi connectivity index (χ0v) is 10.6. The molecule has 0 saturated carbocycles. The number of thioether (sulfide) groups is 1. The first-order valence-electron chi connectivity index (χ1n) is 5.17. The highest BCUT2D eigenvalue weighted by atomic mass is 32.2. The molecule has 4 heteroatoms. The number of hydrogen-bond acceptors (Lipinski definition) is 3. The van der Waals surface area contributed by atoms with Gasteiger partial charge in [-0.15, -0.1) is 11.8 Å². The summed E-state index contributed by atoms with van der Waals surface area (Å²) in [5.74, 6) is -0.855. The van der Waals surface area contributed by atoms with Crippen LogP contribution in [0.5, 0.6) is 0 Å². The van der Waals surface area contributed by atoms with Crippen LogP contribution in [0, 0.1) is 0 Å². The Morgan fingerprint density at radius 3 is 2.38 bits per heavy atom. The molecule has 1 rings (SSSR count). The number of aliphatic carboxylic acids is 1. The first-order valence-corrected chi connectivity index (χ1v) is 6.40. The number of likely N-dealkylation sites (N-methyl/N-ethyl adjacent to an activating group) is 1. The van der Waals surface area contributed by atoms with Crippen molar-refractivity contribution in [2.24, 2.45) is 0 Å². The topological polar surface area (TPSA) is 49.3 Å². The molecule has 0 fully saturated rings. The van der Waals surface area contributed by atoms with Crippen LogP contribution in [0.3, 0.4) is 0 Å². The van der Waals surface area contributed by atoms with Crippen LogP contribution < -0.4 is 5.32 Å². The molecule has 16 heavy (non-hydrogen) atoms. The number of nitrogens with one attached hydrogen (secondary N) is 1. The normalized spacial score (nSPS) is 14.4. The van der Waals surface area contributed by atoms with E-state index in [9.17, 15) is 9.90 Å². The van der Waals surface area contributed by atoms with Crippen molar-refractivity contribution in [2.75, 3.05) is 12.8 Å². The van der Waals surface area contributed by atoms with Gasteiger partial charge in [-0.3, -0.25) is 5.32 Å². The average molecular weight is 239 g/mol. The number of benzene rings is 1. The Morgan fingerprint density at radius 1 is 1.44 bits per heavy atom.